The maximum absolute atomic E-state index is 12.3. The number of aromatic nitrogens is 4. The Bertz CT molecular complexity index is 1110. The molecule has 8 heteroatoms. The van der Waals surface area contributed by atoms with Gasteiger partial charge in [-0.25, -0.2) is 4.79 Å². The molecular weight excluding hydrogens is 344 g/mol. The minimum atomic E-state index is -0.345. The first-order valence-electron chi connectivity index (χ1n) is 8.21. The van der Waals surface area contributed by atoms with Crippen molar-refractivity contribution < 1.29 is 9.53 Å². The molecule has 2 aromatic carbocycles. The van der Waals surface area contributed by atoms with Gasteiger partial charge in [0.1, 0.15) is 12.1 Å². The Morgan fingerprint density at radius 2 is 1.78 bits per heavy atom. The van der Waals surface area contributed by atoms with Gasteiger partial charge in [0.2, 0.25) is 0 Å². The molecule has 27 heavy (non-hydrogen) atoms. The number of carbonyl (C=O) groups is 1. The molecule has 2 aromatic heterocycles. The molecule has 0 aliphatic carbocycles. The highest BCUT2D eigenvalue weighted by atomic mass is 16.5. The fourth-order valence-corrected chi connectivity index (χ4v) is 2.63. The van der Waals surface area contributed by atoms with Crippen LogP contribution in [-0.4, -0.2) is 33.0 Å². The summed E-state index contributed by atoms with van der Waals surface area (Å²) in [7, 11) is 1.58. The van der Waals surface area contributed by atoms with Crippen molar-refractivity contribution in [1.82, 2.24) is 19.8 Å². The van der Waals surface area contributed by atoms with Gasteiger partial charge in [-0.05, 0) is 36.4 Å². The number of hydrogen-bond acceptors (Lipinski definition) is 5. The molecule has 0 saturated heterocycles. The van der Waals surface area contributed by atoms with Gasteiger partial charge in [0.15, 0.2) is 5.65 Å². The minimum absolute atomic E-state index is 0.345. The van der Waals surface area contributed by atoms with E-state index in [1.807, 2.05) is 48.5 Å². The second-order valence-corrected chi connectivity index (χ2v) is 5.74. The number of amides is 2. The molecule has 2 N–H and O–H groups in total. The van der Waals surface area contributed by atoms with Crippen molar-refractivity contribution in [3.63, 3.8) is 0 Å². The summed E-state index contributed by atoms with van der Waals surface area (Å²) in [5.74, 6) is 0.672. The third kappa shape index (κ3) is 3.69. The number of fused-ring (bicyclic) bond motifs is 1. The van der Waals surface area contributed by atoms with Gasteiger partial charge in [-0.15, -0.1) is 10.2 Å². The van der Waals surface area contributed by atoms with E-state index < -0.39 is 0 Å². The van der Waals surface area contributed by atoms with Crippen molar-refractivity contribution >= 4 is 23.1 Å². The zero-order valence-corrected chi connectivity index (χ0v) is 14.5. The van der Waals surface area contributed by atoms with Crippen molar-refractivity contribution in [1.29, 1.82) is 0 Å². The molecule has 0 unspecified atom stereocenters. The van der Waals surface area contributed by atoms with E-state index in [1.54, 1.807) is 30.1 Å². The Morgan fingerprint density at radius 1 is 1.00 bits per heavy atom. The second kappa shape index (κ2) is 7.12. The van der Waals surface area contributed by atoms with Crippen LogP contribution in [0.2, 0.25) is 0 Å². The van der Waals surface area contributed by atoms with E-state index in [-0.39, 0.29) is 6.03 Å². The summed E-state index contributed by atoms with van der Waals surface area (Å²) in [5, 5.41) is 17.8. The van der Waals surface area contributed by atoms with Crippen molar-refractivity contribution in [3.05, 3.63) is 67.0 Å². The highest BCUT2D eigenvalue weighted by Crippen LogP contribution is 2.22. The van der Waals surface area contributed by atoms with Crippen LogP contribution in [0.3, 0.4) is 0 Å². The van der Waals surface area contributed by atoms with Gasteiger partial charge >= 0.3 is 6.03 Å². The second-order valence-electron chi connectivity index (χ2n) is 5.74. The summed E-state index contributed by atoms with van der Waals surface area (Å²) in [5.41, 5.74) is 3.58. The third-order valence-corrected chi connectivity index (χ3v) is 3.91. The lowest BCUT2D eigenvalue weighted by Gasteiger charge is -2.10. The SMILES string of the molecule is COc1cccc(NC(=O)Nc2cccc(-c3ccc4nncn4n3)c2)c1. The van der Waals surface area contributed by atoms with Crippen LogP contribution in [-0.2, 0) is 0 Å². The van der Waals surface area contributed by atoms with E-state index in [0.29, 0.717) is 22.8 Å². The summed E-state index contributed by atoms with van der Waals surface area (Å²) < 4.78 is 6.76. The summed E-state index contributed by atoms with van der Waals surface area (Å²) in [6, 6.07) is 17.9. The van der Waals surface area contributed by atoms with Crippen LogP contribution in [0.25, 0.3) is 16.9 Å². The van der Waals surface area contributed by atoms with Gasteiger partial charge < -0.3 is 15.4 Å². The highest BCUT2D eigenvalue weighted by Gasteiger charge is 2.07. The molecule has 0 saturated carbocycles. The smallest absolute Gasteiger partial charge is 0.323 e. The highest BCUT2D eigenvalue weighted by molar-refractivity contribution is 6.00. The number of ether oxygens (including phenoxy) is 1. The zero-order chi connectivity index (χ0) is 18.6. The lowest BCUT2D eigenvalue weighted by molar-refractivity contribution is 0.262. The fourth-order valence-electron chi connectivity index (χ4n) is 2.63. The topological polar surface area (TPSA) is 93.4 Å². The van der Waals surface area contributed by atoms with E-state index in [4.69, 9.17) is 4.74 Å². The van der Waals surface area contributed by atoms with Crippen LogP contribution in [0.4, 0.5) is 16.2 Å². The van der Waals surface area contributed by atoms with E-state index in [9.17, 15) is 4.79 Å². The van der Waals surface area contributed by atoms with Gasteiger partial charge in [-0.2, -0.15) is 9.61 Å². The van der Waals surface area contributed by atoms with E-state index >= 15 is 0 Å². The summed E-state index contributed by atoms with van der Waals surface area (Å²) in [6.45, 7) is 0. The molecule has 2 heterocycles. The maximum atomic E-state index is 12.3. The predicted molar refractivity (Wildman–Crippen MR) is 102 cm³/mol. The molecular formula is C19H16N6O2. The monoisotopic (exact) mass is 360 g/mol. The minimum Gasteiger partial charge on any atom is -0.497 e. The van der Waals surface area contributed by atoms with E-state index in [2.05, 4.69) is 25.9 Å². The average Bonchev–Trinajstić information content (AvgIpc) is 3.16. The first-order chi connectivity index (χ1) is 13.2. The van der Waals surface area contributed by atoms with E-state index in [1.165, 1.54) is 0 Å². The number of anilines is 2. The van der Waals surface area contributed by atoms with Crippen molar-refractivity contribution in [2.24, 2.45) is 0 Å². The predicted octanol–water partition coefficient (Wildman–Crippen LogP) is 3.44. The Balaban J connectivity index is 1.50. The lowest BCUT2D eigenvalue weighted by Crippen LogP contribution is -2.19. The number of benzene rings is 2. The fraction of sp³-hybridized carbons (Fsp3) is 0.0526. The molecule has 0 atom stereocenters. The first-order valence-corrected chi connectivity index (χ1v) is 8.21. The van der Waals surface area contributed by atoms with Gasteiger partial charge in [-0.3, -0.25) is 0 Å². The van der Waals surface area contributed by atoms with Crippen molar-refractivity contribution in [3.8, 4) is 17.0 Å². The number of carbonyl (C=O) groups excluding carboxylic acids is 1. The normalized spacial score (nSPS) is 10.6. The van der Waals surface area contributed by atoms with Crippen molar-refractivity contribution in [2.75, 3.05) is 17.7 Å². The quantitative estimate of drug-likeness (QED) is 0.581. The number of urea groups is 1. The molecule has 0 radical (unpaired) electrons. The molecule has 4 rings (SSSR count). The molecule has 0 bridgehead atoms. The molecule has 0 spiro atoms. The average molecular weight is 360 g/mol. The Labute approximate surface area is 154 Å². The van der Waals surface area contributed by atoms with Crippen LogP contribution >= 0.6 is 0 Å². The van der Waals surface area contributed by atoms with Crippen LogP contribution < -0.4 is 15.4 Å². The van der Waals surface area contributed by atoms with Gasteiger partial charge in [0.05, 0.1) is 12.8 Å². The van der Waals surface area contributed by atoms with Gasteiger partial charge in [0.25, 0.3) is 0 Å². The number of rotatable bonds is 4. The number of hydrogen-bond donors (Lipinski definition) is 2. The lowest BCUT2D eigenvalue weighted by atomic mass is 10.1. The Hall–Kier alpha value is -3.94. The Kier molecular flexibility index (Phi) is 4.36. The molecule has 0 aliphatic heterocycles. The van der Waals surface area contributed by atoms with Crippen LogP contribution in [0.1, 0.15) is 0 Å². The molecule has 2 amide bonds. The third-order valence-electron chi connectivity index (χ3n) is 3.91. The largest absolute Gasteiger partial charge is 0.497 e. The molecule has 0 fully saturated rings. The molecule has 0 aliphatic rings. The number of nitrogens with zero attached hydrogens (tertiary/aromatic N) is 4. The number of methoxy groups -OCH3 is 1. The zero-order valence-electron chi connectivity index (χ0n) is 14.5. The van der Waals surface area contributed by atoms with Crippen LogP contribution in [0.5, 0.6) is 5.75 Å². The standard InChI is InChI=1S/C19H16N6O2/c1-27-16-7-3-6-15(11-16)22-19(26)21-14-5-2-4-13(10-14)17-8-9-18-23-20-12-25(18)24-17/h2-12H,1H3,(H2,21,22,26). The Morgan fingerprint density at radius 3 is 2.59 bits per heavy atom. The number of nitrogens with one attached hydrogen (secondary N) is 2. The van der Waals surface area contributed by atoms with Crippen molar-refractivity contribution in [2.45, 2.75) is 0 Å². The molecule has 8 nitrogen and oxygen atoms in total. The first kappa shape index (κ1) is 16.5. The van der Waals surface area contributed by atoms with Gasteiger partial charge in [0, 0.05) is 23.0 Å². The summed E-state index contributed by atoms with van der Waals surface area (Å²) >= 11 is 0. The van der Waals surface area contributed by atoms with E-state index in [0.717, 1.165) is 11.3 Å². The molecule has 4 aromatic rings. The van der Waals surface area contributed by atoms with Crippen LogP contribution in [0, 0.1) is 0 Å². The van der Waals surface area contributed by atoms with Gasteiger partial charge in [-0.1, -0.05) is 18.2 Å². The maximum Gasteiger partial charge on any atom is 0.323 e. The summed E-state index contributed by atoms with van der Waals surface area (Å²) in [6.07, 6.45) is 1.54. The van der Waals surface area contributed by atoms with Crippen LogP contribution in [0.15, 0.2) is 67.0 Å². The summed E-state index contributed by atoms with van der Waals surface area (Å²) in [4.78, 5) is 12.3. The molecule has 134 valence electrons.